The van der Waals surface area contributed by atoms with Gasteiger partial charge in [0, 0.05) is 40.4 Å². The second-order valence-electron chi connectivity index (χ2n) is 5.42. The minimum Gasteiger partial charge on any atom is -0.480 e. The third kappa shape index (κ3) is 4.90. The summed E-state index contributed by atoms with van der Waals surface area (Å²) in [5.41, 5.74) is 1.45. The molecule has 3 aromatic rings. The molecular formula is C18H13ClF3N3OS. The van der Waals surface area contributed by atoms with Crippen LogP contribution in [0.2, 0.25) is 5.02 Å². The van der Waals surface area contributed by atoms with Gasteiger partial charge in [0.15, 0.2) is 0 Å². The Kier molecular flexibility index (Phi) is 5.86. The summed E-state index contributed by atoms with van der Waals surface area (Å²) >= 11 is 7.34. The molecule has 0 bridgehead atoms. The highest BCUT2D eigenvalue weighted by Gasteiger charge is 2.32. The molecule has 3 aromatic heterocycles. The van der Waals surface area contributed by atoms with Gasteiger partial charge in [-0.1, -0.05) is 17.7 Å². The highest BCUT2D eigenvalue weighted by atomic mass is 35.5. The van der Waals surface area contributed by atoms with Crippen LogP contribution in [0.3, 0.4) is 0 Å². The summed E-state index contributed by atoms with van der Waals surface area (Å²) < 4.78 is 43.1. The molecule has 0 N–H and O–H groups in total. The van der Waals surface area contributed by atoms with Crippen LogP contribution in [0.1, 0.15) is 11.4 Å². The van der Waals surface area contributed by atoms with E-state index in [0.29, 0.717) is 21.6 Å². The smallest absolute Gasteiger partial charge is 0.433 e. The van der Waals surface area contributed by atoms with E-state index in [2.05, 4.69) is 15.0 Å². The van der Waals surface area contributed by atoms with Crippen LogP contribution in [0.15, 0.2) is 53.8 Å². The Hall–Kier alpha value is -2.32. The quantitative estimate of drug-likeness (QED) is 0.518. The predicted molar refractivity (Wildman–Crippen MR) is 97.8 cm³/mol. The van der Waals surface area contributed by atoms with Crippen molar-refractivity contribution in [2.75, 3.05) is 7.11 Å². The molecule has 0 unspecified atom stereocenters. The molecule has 9 heteroatoms. The normalized spacial score (nSPS) is 11.4. The highest BCUT2D eigenvalue weighted by molar-refractivity contribution is 7.98. The average Bonchev–Trinajstić information content (AvgIpc) is 2.66. The van der Waals surface area contributed by atoms with Crippen molar-refractivity contribution in [3.63, 3.8) is 0 Å². The fourth-order valence-electron chi connectivity index (χ4n) is 2.23. The average molecular weight is 412 g/mol. The lowest BCUT2D eigenvalue weighted by molar-refractivity contribution is -0.141. The monoisotopic (exact) mass is 411 g/mol. The summed E-state index contributed by atoms with van der Waals surface area (Å²) in [5.74, 6) is 0.778. The fraction of sp³-hybridized carbons (Fsp3) is 0.167. The number of nitrogens with zero attached hydrogens (tertiary/aromatic N) is 3. The number of thioether (sulfide) groups is 1. The van der Waals surface area contributed by atoms with Gasteiger partial charge in [0.1, 0.15) is 10.7 Å². The summed E-state index contributed by atoms with van der Waals surface area (Å²) in [4.78, 5) is 12.3. The van der Waals surface area contributed by atoms with Crippen molar-refractivity contribution in [1.29, 1.82) is 0 Å². The Labute approximate surface area is 162 Å². The van der Waals surface area contributed by atoms with E-state index in [-0.39, 0.29) is 0 Å². The van der Waals surface area contributed by atoms with Gasteiger partial charge < -0.3 is 4.74 Å². The van der Waals surface area contributed by atoms with Crippen LogP contribution in [0.4, 0.5) is 13.2 Å². The van der Waals surface area contributed by atoms with Gasteiger partial charge in [0.2, 0.25) is 5.88 Å². The molecule has 0 aromatic carbocycles. The van der Waals surface area contributed by atoms with Gasteiger partial charge in [-0.05, 0) is 24.3 Å². The first kappa shape index (κ1) is 19.4. The third-order valence-electron chi connectivity index (χ3n) is 3.57. The zero-order chi connectivity index (χ0) is 19.4. The van der Waals surface area contributed by atoms with Crippen molar-refractivity contribution in [2.45, 2.75) is 16.8 Å². The van der Waals surface area contributed by atoms with Crippen molar-refractivity contribution in [2.24, 2.45) is 0 Å². The summed E-state index contributed by atoms with van der Waals surface area (Å²) in [6, 6.07) is 7.97. The van der Waals surface area contributed by atoms with E-state index in [4.69, 9.17) is 16.3 Å². The zero-order valence-corrected chi connectivity index (χ0v) is 15.6. The Balaban J connectivity index is 1.69. The minimum atomic E-state index is -4.45. The molecule has 0 spiro atoms. The molecule has 140 valence electrons. The number of halogens is 4. The van der Waals surface area contributed by atoms with Gasteiger partial charge in [-0.2, -0.15) is 13.2 Å². The Bertz CT molecular complexity index is 936. The number of pyridine rings is 3. The van der Waals surface area contributed by atoms with Gasteiger partial charge in [0.05, 0.1) is 12.8 Å². The van der Waals surface area contributed by atoms with E-state index in [1.807, 2.05) is 12.1 Å². The Morgan fingerprint density at radius 1 is 1.04 bits per heavy atom. The number of ether oxygens (including phenoxy) is 1. The molecule has 0 saturated heterocycles. The summed E-state index contributed by atoms with van der Waals surface area (Å²) in [6.45, 7) is 0. The van der Waals surface area contributed by atoms with E-state index in [1.165, 1.54) is 18.9 Å². The third-order valence-corrected chi connectivity index (χ3v) is 4.87. The summed E-state index contributed by atoms with van der Waals surface area (Å²) in [6.07, 6.45) is 0.00142. The maximum Gasteiger partial charge on any atom is 0.433 e. The lowest BCUT2D eigenvalue weighted by atomic mass is 10.1. The molecule has 4 nitrogen and oxygen atoms in total. The number of methoxy groups -OCH3 is 1. The lowest BCUT2D eigenvalue weighted by Crippen LogP contribution is -2.07. The van der Waals surface area contributed by atoms with Crippen LogP contribution >= 0.6 is 23.4 Å². The van der Waals surface area contributed by atoms with Crippen LogP contribution in [0.25, 0.3) is 11.1 Å². The second kappa shape index (κ2) is 8.14. The Morgan fingerprint density at radius 3 is 2.44 bits per heavy atom. The van der Waals surface area contributed by atoms with Gasteiger partial charge in [-0.3, -0.25) is 9.97 Å². The van der Waals surface area contributed by atoms with Crippen molar-refractivity contribution in [3.8, 4) is 17.0 Å². The number of aromatic nitrogens is 3. The SMILES string of the molecule is COc1ncc(-c2ccc(CSc3ccnc(C(F)(F)F)c3)nc2)cc1Cl. The molecule has 3 heterocycles. The summed E-state index contributed by atoms with van der Waals surface area (Å²) in [5, 5.41) is 0.396. The van der Waals surface area contributed by atoms with E-state index in [1.54, 1.807) is 24.5 Å². The van der Waals surface area contributed by atoms with Crippen molar-refractivity contribution < 1.29 is 17.9 Å². The summed E-state index contributed by atoms with van der Waals surface area (Å²) in [7, 11) is 1.49. The van der Waals surface area contributed by atoms with E-state index in [9.17, 15) is 13.2 Å². The van der Waals surface area contributed by atoms with Crippen LogP contribution < -0.4 is 4.74 Å². The van der Waals surface area contributed by atoms with Crippen LogP contribution in [-0.2, 0) is 11.9 Å². The lowest BCUT2D eigenvalue weighted by Gasteiger charge is -2.08. The van der Waals surface area contributed by atoms with E-state index >= 15 is 0 Å². The Morgan fingerprint density at radius 2 is 1.81 bits per heavy atom. The van der Waals surface area contributed by atoms with E-state index < -0.39 is 11.9 Å². The number of rotatable bonds is 5. The van der Waals surface area contributed by atoms with Crippen LogP contribution in [0.5, 0.6) is 5.88 Å². The molecule has 0 atom stereocenters. The molecule has 0 fully saturated rings. The standard InChI is InChI=1S/C18H13ClF3N3OS/c1-26-17-15(19)6-12(9-25-17)11-2-3-13(24-8-11)10-27-14-4-5-23-16(7-14)18(20,21)22/h2-9H,10H2,1H3. The molecule has 0 amide bonds. The van der Waals surface area contributed by atoms with Gasteiger partial charge in [0.25, 0.3) is 0 Å². The van der Waals surface area contributed by atoms with Crippen molar-refractivity contribution in [3.05, 3.63) is 65.3 Å². The molecule has 3 rings (SSSR count). The minimum absolute atomic E-state index is 0.344. The maximum atomic E-state index is 12.7. The molecule has 0 radical (unpaired) electrons. The molecule has 0 saturated carbocycles. The highest BCUT2D eigenvalue weighted by Crippen LogP contribution is 2.31. The molecular weight excluding hydrogens is 399 g/mol. The van der Waals surface area contributed by atoms with Gasteiger partial charge in [-0.25, -0.2) is 4.98 Å². The first-order valence-corrected chi connectivity index (χ1v) is 9.04. The number of alkyl halides is 3. The largest absolute Gasteiger partial charge is 0.480 e. The molecule has 0 aliphatic heterocycles. The molecule has 0 aliphatic carbocycles. The van der Waals surface area contributed by atoms with E-state index in [0.717, 1.165) is 29.1 Å². The number of hydrogen-bond donors (Lipinski definition) is 0. The van der Waals surface area contributed by atoms with Crippen molar-refractivity contribution >= 4 is 23.4 Å². The first-order chi connectivity index (χ1) is 12.9. The van der Waals surface area contributed by atoms with Gasteiger partial charge >= 0.3 is 6.18 Å². The zero-order valence-electron chi connectivity index (χ0n) is 14.0. The molecule has 27 heavy (non-hydrogen) atoms. The van der Waals surface area contributed by atoms with Gasteiger partial charge in [-0.15, -0.1) is 11.8 Å². The topological polar surface area (TPSA) is 47.9 Å². The predicted octanol–water partition coefficient (Wildman–Crippen LogP) is 5.51. The second-order valence-corrected chi connectivity index (χ2v) is 6.87. The first-order valence-electron chi connectivity index (χ1n) is 7.67. The molecule has 0 aliphatic rings. The van der Waals surface area contributed by atoms with Crippen LogP contribution in [-0.4, -0.2) is 22.1 Å². The van der Waals surface area contributed by atoms with Crippen LogP contribution in [0, 0.1) is 0 Å². The number of hydrogen-bond acceptors (Lipinski definition) is 5. The van der Waals surface area contributed by atoms with Crippen molar-refractivity contribution in [1.82, 2.24) is 15.0 Å². The maximum absolute atomic E-state index is 12.7. The fourth-order valence-corrected chi connectivity index (χ4v) is 3.31.